The number of hydrogen-bond donors (Lipinski definition) is 0. The van der Waals surface area contributed by atoms with Crippen molar-refractivity contribution in [3.8, 4) is 6.07 Å². The van der Waals surface area contributed by atoms with Crippen molar-refractivity contribution in [2.75, 3.05) is 0 Å². The Labute approximate surface area is 121 Å². The summed E-state index contributed by atoms with van der Waals surface area (Å²) >= 11 is 6.09. The van der Waals surface area contributed by atoms with Crippen molar-refractivity contribution in [1.82, 2.24) is 0 Å². The Balaban J connectivity index is 2.49. The van der Waals surface area contributed by atoms with E-state index in [1.54, 1.807) is 31.2 Å². The fraction of sp³-hybridized carbons (Fsp3) is 0.125. The zero-order chi connectivity index (χ0) is 14.7. The number of rotatable bonds is 3. The van der Waals surface area contributed by atoms with Crippen molar-refractivity contribution in [1.29, 1.82) is 5.26 Å². The normalized spacial score (nSPS) is 11.7. The minimum atomic E-state index is -1.20. The molecular weight excluding hydrogens is 277 g/mol. The SMILES string of the molecule is Cc1cccc(C(=O)C(C#N)c2ccccc2F)c1Cl. The average molecular weight is 288 g/mol. The summed E-state index contributed by atoms with van der Waals surface area (Å²) in [5.41, 5.74) is 1.04. The summed E-state index contributed by atoms with van der Waals surface area (Å²) in [6.45, 7) is 1.77. The molecule has 1 atom stereocenters. The average Bonchev–Trinajstić information content (AvgIpc) is 2.44. The number of halogens is 2. The van der Waals surface area contributed by atoms with Gasteiger partial charge in [-0.05, 0) is 24.6 Å². The van der Waals surface area contributed by atoms with Gasteiger partial charge in [0.15, 0.2) is 5.78 Å². The van der Waals surface area contributed by atoms with Crippen LogP contribution < -0.4 is 0 Å². The van der Waals surface area contributed by atoms with Gasteiger partial charge in [0.25, 0.3) is 0 Å². The van der Waals surface area contributed by atoms with Gasteiger partial charge in [0, 0.05) is 11.1 Å². The molecule has 0 aliphatic carbocycles. The largest absolute Gasteiger partial charge is 0.292 e. The Hall–Kier alpha value is -2.18. The lowest BCUT2D eigenvalue weighted by atomic mass is 9.91. The molecule has 0 spiro atoms. The van der Waals surface area contributed by atoms with Crippen LogP contribution in [0.25, 0.3) is 0 Å². The van der Waals surface area contributed by atoms with E-state index in [-0.39, 0.29) is 11.1 Å². The van der Waals surface area contributed by atoms with Gasteiger partial charge in [-0.25, -0.2) is 4.39 Å². The van der Waals surface area contributed by atoms with E-state index in [4.69, 9.17) is 11.6 Å². The van der Waals surface area contributed by atoms with Gasteiger partial charge >= 0.3 is 0 Å². The molecule has 100 valence electrons. The van der Waals surface area contributed by atoms with Crippen molar-refractivity contribution < 1.29 is 9.18 Å². The van der Waals surface area contributed by atoms with Crippen LogP contribution in [0.4, 0.5) is 4.39 Å². The topological polar surface area (TPSA) is 40.9 Å². The number of nitrogens with zero attached hydrogens (tertiary/aromatic N) is 1. The second-order valence-electron chi connectivity index (χ2n) is 4.38. The van der Waals surface area contributed by atoms with Gasteiger partial charge in [0.1, 0.15) is 11.7 Å². The number of ketones is 1. The van der Waals surface area contributed by atoms with Crippen LogP contribution in [0.15, 0.2) is 42.5 Å². The van der Waals surface area contributed by atoms with E-state index in [0.717, 1.165) is 5.56 Å². The summed E-state index contributed by atoms with van der Waals surface area (Å²) in [6, 6.07) is 12.6. The number of aryl methyl sites for hydroxylation is 1. The summed E-state index contributed by atoms with van der Waals surface area (Å²) in [6.07, 6.45) is 0. The van der Waals surface area contributed by atoms with Gasteiger partial charge in [-0.1, -0.05) is 41.9 Å². The van der Waals surface area contributed by atoms with Gasteiger partial charge < -0.3 is 0 Å². The van der Waals surface area contributed by atoms with Crippen LogP contribution in [0, 0.1) is 24.1 Å². The maximum atomic E-state index is 13.7. The first-order valence-corrected chi connectivity index (χ1v) is 6.37. The number of benzene rings is 2. The molecule has 0 fully saturated rings. The second kappa shape index (κ2) is 5.85. The Bertz CT molecular complexity index is 706. The monoisotopic (exact) mass is 287 g/mol. The molecule has 4 heteroatoms. The van der Waals surface area contributed by atoms with E-state index >= 15 is 0 Å². The molecule has 2 aromatic carbocycles. The lowest BCUT2D eigenvalue weighted by molar-refractivity contribution is 0.0977. The zero-order valence-electron chi connectivity index (χ0n) is 10.7. The van der Waals surface area contributed by atoms with Crippen molar-refractivity contribution in [3.05, 3.63) is 70.0 Å². The minimum absolute atomic E-state index is 0.0672. The van der Waals surface area contributed by atoms with E-state index in [1.165, 1.54) is 18.2 Å². The molecule has 0 heterocycles. The second-order valence-corrected chi connectivity index (χ2v) is 4.76. The Morgan fingerprint density at radius 3 is 2.60 bits per heavy atom. The van der Waals surface area contributed by atoms with Crippen molar-refractivity contribution in [2.45, 2.75) is 12.8 Å². The molecule has 0 aromatic heterocycles. The van der Waals surface area contributed by atoms with Crippen LogP contribution in [0.2, 0.25) is 5.02 Å². The van der Waals surface area contributed by atoms with Crippen molar-refractivity contribution in [2.24, 2.45) is 0 Å². The first kappa shape index (κ1) is 14.2. The third-order valence-corrected chi connectivity index (χ3v) is 3.57. The first-order chi connectivity index (χ1) is 9.56. The zero-order valence-corrected chi connectivity index (χ0v) is 11.5. The number of hydrogen-bond acceptors (Lipinski definition) is 2. The Morgan fingerprint density at radius 1 is 1.25 bits per heavy atom. The number of carbonyl (C=O) groups excluding carboxylic acids is 1. The molecule has 0 aliphatic heterocycles. The summed E-state index contributed by atoms with van der Waals surface area (Å²) in [5, 5.41) is 9.52. The number of carbonyl (C=O) groups is 1. The van der Waals surface area contributed by atoms with Crippen LogP contribution >= 0.6 is 11.6 Å². The van der Waals surface area contributed by atoms with Crippen LogP contribution in [-0.4, -0.2) is 5.78 Å². The standard InChI is InChI=1S/C16H11ClFNO/c1-10-5-4-7-12(15(10)17)16(20)13(9-19)11-6-2-3-8-14(11)18/h2-8,13H,1H3. The van der Waals surface area contributed by atoms with Crippen LogP contribution in [0.5, 0.6) is 0 Å². The van der Waals surface area contributed by atoms with Gasteiger partial charge in [-0.15, -0.1) is 0 Å². The molecule has 0 amide bonds. The summed E-state index contributed by atoms with van der Waals surface area (Å²) in [5.74, 6) is -2.27. The number of nitriles is 1. The fourth-order valence-electron chi connectivity index (χ4n) is 1.97. The molecule has 2 aromatic rings. The van der Waals surface area contributed by atoms with E-state index in [1.807, 2.05) is 6.07 Å². The van der Waals surface area contributed by atoms with E-state index < -0.39 is 17.5 Å². The summed E-state index contributed by atoms with van der Waals surface area (Å²) in [4.78, 5) is 12.4. The third kappa shape index (κ3) is 2.56. The van der Waals surface area contributed by atoms with Gasteiger partial charge in [-0.3, -0.25) is 4.79 Å². The lowest BCUT2D eigenvalue weighted by Crippen LogP contribution is -2.13. The maximum Gasteiger partial charge on any atom is 0.186 e. The molecule has 1 unspecified atom stereocenters. The summed E-state index contributed by atoms with van der Waals surface area (Å²) in [7, 11) is 0. The molecule has 0 saturated heterocycles. The molecule has 2 nitrogen and oxygen atoms in total. The third-order valence-electron chi connectivity index (χ3n) is 3.06. The Morgan fingerprint density at radius 2 is 1.95 bits per heavy atom. The molecule has 0 bridgehead atoms. The molecule has 20 heavy (non-hydrogen) atoms. The predicted molar refractivity (Wildman–Crippen MR) is 75.3 cm³/mol. The molecular formula is C16H11ClFNO. The van der Waals surface area contributed by atoms with Crippen molar-refractivity contribution >= 4 is 17.4 Å². The summed E-state index contributed by atoms with van der Waals surface area (Å²) < 4.78 is 13.7. The highest BCUT2D eigenvalue weighted by atomic mass is 35.5. The maximum absolute atomic E-state index is 13.7. The quantitative estimate of drug-likeness (QED) is 0.791. The first-order valence-electron chi connectivity index (χ1n) is 5.99. The van der Waals surface area contributed by atoms with Gasteiger partial charge in [0.2, 0.25) is 0 Å². The highest BCUT2D eigenvalue weighted by Gasteiger charge is 2.26. The fourth-order valence-corrected chi connectivity index (χ4v) is 2.19. The van der Waals surface area contributed by atoms with E-state index in [2.05, 4.69) is 0 Å². The molecule has 0 N–H and O–H groups in total. The highest BCUT2D eigenvalue weighted by molar-refractivity contribution is 6.35. The molecule has 0 aliphatic rings. The molecule has 0 saturated carbocycles. The molecule has 2 rings (SSSR count). The van der Waals surface area contributed by atoms with Crippen LogP contribution in [0.3, 0.4) is 0 Å². The van der Waals surface area contributed by atoms with E-state index in [0.29, 0.717) is 5.02 Å². The van der Waals surface area contributed by atoms with Crippen molar-refractivity contribution in [3.63, 3.8) is 0 Å². The molecule has 0 radical (unpaired) electrons. The van der Waals surface area contributed by atoms with E-state index in [9.17, 15) is 14.4 Å². The van der Waals surface area contributed by atoms with Gasteiger partial charge in [0.05, 0.1) is 11.1 Å². The van der Waals surface area contributed by atoms with Crippen LogP contribution in [-0.2, 0) is 0 Å². The number of Topliss-reactive ketones (excluding diaryl/α,β-unsaturated/α-hetero) is 1. The predicted octanol–water partition coefficient (Wildman–Crippen LogP) is 4.28. The Kier molecular flexibility index (Phi) is 4.16. The lowest BCUT2D eigenvalue weighted by Gasteiger charge is -2.11. The highest BCUT2D eigenvalue weighted by Crippen LogP contribution is 2.28. The van der Waals surface area contributed by atoms with Crippen LogP contribution in [0.1, 0.15) is 27.4 Å². The van der Waals surface area contributed by atoms with Gasteiger partial charge in [-0.2, -0.15) is 5.26 Å². The minimum Gasteiger partial charge on any atom is -0.292 e. The smallest absolute Gasteiger partial charge is 0.186 e.